The molecule has 0 bridgehead atoms. The van der Waals surface area contributed by atoms with Crippen molar-refractivity contribution in [3.8, 4) is 5.75 Å². The first-order chi connectivity index (χ1) is 19.9. The first-order valence-electron chi connectivity index (χ1n) is 13.3. The summed E-state index contributed by atoms with van der Waals surface area (Å²) in [5, 5.41) is 15.3. The van der Waals surface area contributed by atoms with Crippen molar-refractivity contribution in [1.82, 2.24) is 0 Å². The minimum atomic E-state index is -0.877. The normalized spacial score (nSPS) is 18.1. The van der Waals surface area contributed by atoms with Crippen LogP contribution in [0.4, 0.5) is 17.1 Å². The number of ketones is 1. The van der Waals surface area contributed by atoms with E-state index in [2.05, 4.69) is 5.32 Å². The Hall–Kier alpha value is -5.24. The lowest BCUT2D eigenvalue weighted by Gasteiger charge is -2.35. The van der Waals surface area contributed by atoms with Crippen molar-refractivity contribution in [2.75, 3.05) is 17.3 Å². The lowest BCUT2D eigenvalue weighted by Crippen LogP contribution is -2.38. The summed E-state index contributed by atoms with van der Waals surface area (Å²) >= 11 is 0. The minimum Gasteiger partial charge on any atom is -0.497 e. The molecule has 1 amide bonds. The molecule has 4 aromatic rings. The molecule has 2 aliphatic rings. The highest BCUT2D eigenvalue weighted by molar-refractivity contribution is 6.12. The summed E-state index contributed by atoms with van der Waals surface area (Å²) in [6, 6.07) is 29.3. The number of amides is 1. The third-order valence-electron chi connectivity index (χ3n) is 7.71. The summed E-state index contributed by atoms with van der Waals surface area (Å²) in [6.45, 7) is 0. The second-order valence-electron chi connectivity index (χ2n) is 10.1. The number of nitro benzene ring substituents is 1. The number of hydrogen-bond acceptors (Lipinski definition) is 6. The van der Waals surface area contributed by atoms with Crippen molar-refractivity contribution >= 4 is 28.8 Å². The Balaban J connectivity index is 1.55. The van der Waals surface area contributed by atoms with Crippen molar-refractivity contribution in [3.63, 3.8) is 0 Å². The van der Waals surface area contributed by atoms with Crippen LogP contribution in [0.25, 0.3) is 0 Å². The number of allylic oxidation sites excluding steroid dienone is 1. The summed E-state index contributed by atoms with van der Waals surface area (Å²) in [4.78, 5) is 41.3. The maximum atomic E-state index is 14.3. The van der Waals surface area contributed by atoms with E-state index >= 15 is 0 Å². The maximum absolute atomic E-state index is 14.3. The predicted molar refractivity (Wildman–Crippen MR) is 156 cm³/mol. The number of nitrogens with zero attached hydrogens (tertiary/aromatic N) is 2. The average molecular weight is 546 g/mol. The van der Waals surface area contributed by atoms with Gasteiger partial charge < -0.3 is 10.1 Å². The number of non-ortho nitro benzene ring substituents is 1. The van der Waals surface area contributed by atoms with Gasteiger partial charge in [-0.05, 0) is 59.9 Å². The van der Waals surface area contributed by atoms with Crippen LogP contribution in [0.1, 0.15) is 46.3 Å². The number of nitro groups is 1. The molecule has 1 aliphatic carbocycles. The van der Waals surface area contributed by atoms with Gasteiger partial charge in [-0.2, -0.15) is 0 Å². The van der Waals surface area contributed by atoms with Gasteiger partial charge in [0.2, 0.25) is 0 Å². The van der Waals surface area contributed by atoms with Gasteiger partial charge in [0, 0.05) is 35.4 Å². The van der Waals surface area contributed by atoms with Crippen LogP contribution in [-0.2, 0) is 4.79 Å². The monoisotopic (exact) mass is 545 g/mol. The van der Waals surface area contributed by atoms with Gasteiger partial charge in [0.15, 0.2) is 5.78 Å². The lowest BCUT2D eigenvalue weighted by atomic mass is 9.78. The van der Waals surface area contributed by atoms with Gasteiger partial charge in [0.25, 0.3) is 11.6 Å². The van der Waals surface area contributed by atoms with Crippen LogP contribution in [-0.4, -0.2) is 23.7 Å². The summed E-state index contributed by atoms with van der Waals surface area (Å²) in [5.74, 6) is 0.219. The fraction of sp³-hybridized carbons (Fsp3) is 0.152. The SMILES string of the molecule is COc1ccc([C@H]2CC(=O)C3=C(C2)Nc2ccccc2N(C(=O)c2ccccc2)[C@H]3c2cccc([N+](=O)[O-])c2)cc1. The first kappa shape index (κ1) is 26.0. The highest BCUT2D eigenvalue weighted by Crippen LogP contribution is 2.48. The standard InChI is InChI=1S/C33H27N3O5/c1-41-26-16-14-21(15-17-26)24-19-28-31(30(37)20-24)32(23-10-7-11-25(18-23)36(39)40)35(29-13-6-5-12-27(29)34-28)33(38)22-8-3-2-4-9-22/h2-18,24,32,34H,19-20H2,1H3/t24-,32+/m1/s1. The second kappa shape index (κ2) is 10.7. The van der Waals surface area contributed by atoms with Crippen LogP contribution in [0.3, 0.4) is 0 Å². The summed E-state index contributed by atoms with van der Waals surface area (Å²) < 4.78 is 5.31. The van der Waals surface area contributed by atoms with Gasteiger partial charge in [-0.1, -0.05) is 54.6 Å². The van der Waals surface area contributed by atoms with Crippen LogP contribution in [0.15, 0.2) is 114 Å². The van der Waals surface area contributed by atoms with Crippen LogP contribution in [0.2, 0.25) is 0 Å². The second-order valence-corrected chi connectivity index (χ2v) is 10.1. The van der Waals surface area contributed by atoms with Crippen LogP contribution in [0.5, 0.6) is 5.75 Å². The van der Waals surface area contributed by atoms with E-state index in [0.717, 1.165) is 11.3 Å². The quantitative estimate of drug-likeness (QED) is 0.218. The van der Waals surface area contributed by atoms with Crippen LogP contribution >= 0.6 is 0 Å². The molecule has 0 unspecified atom stereocenters. The van der Waals surface area contributed by atoms with E-state index in [9.17, 15) is 19.7 Å². The number of ether oxygens (including phenoxy) is 1. The molecule has 6 rings (SSSR count). The van der Waals surface area contributed by atoms with E-state index in [-0.39, 0.29) is 29.7 Å². The Kier molecular flexibility index (Phi) is 6.81. The zero-order valence-corrected chi connectivity index (χ0v) is 22.3. The largest absolute Gasteiger partial charge is 0.497 e. The highest BCUT2D eigenvalue weighted by atomic mass is 16.6. The molecule has 1 N–H and O–H groups in total. The number of nitrogens with one attached hydrogen (secondary N) is 1. The Morgan fingerprint density at radius 3 is 2.37 bits per heavy atom. The topological polar surface area (TPSA) is 102 Å². The van der Waals surface area contributed by atoms with Crippen molar-refractivity contribution < 1.29 is 19.2 Å². The molecule has 1 heterocycles. The molecule has 8 heteroatoms. The third kappa shape index (κ3) is 4.84. The number of carbonyl (C=O) groups excluding carboxylic acids is 2. The zero-order chi connectivity index (χ0) is 28.5. The van der Waals surface area contributed by atoms with Gasteiger partial charge in [-0.3, -0.25) is 24.6 Å². The van der Waals surface area contributed by atoms with E-state index < -0.39 is 11.0 Å². The number of para-hydroxylation sites is 2. The van der Waals surface area contributed by atoms with Gasteiger partial charge in [-0.25, -0.2) is 0 Å². The number of anilines is 2. The summed E-state index contributed by atoms with van der Waals surface area (Å²) in [6.07, 6.45) is 0.766. The average Bonchev–Trinajstić information content (AvgIpc) is 3.16. The molecule has 0 saturated heterocycles. The molecular formula is C33H27N3O5. The van der Waals surface area contributed by atoms with Gasteiger partial charge in [0.05, 0.1) is 29.4 Å². The molecule has 0 spiro atoms. The van der Waals surface area contributed by atoms with E-state index in [1.54, 1.807) is 48.4 Å². The van der Waals surface area contributed by atoms with Crippen LogP contribution < -0.4 is 15.0 Å². The van der Waals surface area contributed by atoms with Gasteiger partial charge in [-0.15, -0.1) is 0 Å². The minimum absolute atomic E-state index is 0.0889. The molecule has 0 fully saturated rings. The molecule has 4 aromatic carbocycles. The molecule has 2 atom stereocenters. The lowest BCUT2D eigenvalue weighted by molar-refractivity contribution is -0.384. The van der Waals surface area contributed by atoms with E-state index in [1.165, 1.54) is 12.1 Å². The number of hydrogen-bond donors (Lipinski definition) is 1. The Labute approximate surface area is 237 Å². The van der Waals surface area contributed by atoms with Gasteiger partial charge in [0.1, 0.15) is 5.75 Å². The summed E-state index contributed by atoms with van der Waals surface area (Å²) in [7, 11) is 1.61. The molecule has 1 aliphatic heterocycles. The molecule has 0 aromatic heterocycles. The molecule has 8 nitrogen and oxygen atoms in total. The molecule has 0 radical (unpaired) electrons. The Morgan fingerprint density at radius 1 is 0.902 bits per heavy atom. The number of benzene rings is 4. The van der Waals surface area contributed by atoms with Crippen molar-refractivity contribution in [2.24, 2.45) is 0 Å². The Bertz CT molecular complexity index is 1680. The fourth-order valence-electron chi connectivity index (χ4n) is 5.77. The highest BCUT2D eigenvalue weighted by Gasteiger charge is 2.42. The van der Waals surface area contributed by atoms with Crippen molar-refractivity contribution in [1.29, 1.82) is 0 Å². The molecule has 204 valence electrons. The number of fused-ring (bicyclic) bond motifs is 1. The Morgan fingerprint density at radius 2 is 1.63 bits per heavy atom. The fourth-order valence-corrected chi connectivity index (χ4v) is 5.77. The van der Waals surface area contributed by atoms with Crippen LogP contribution in [0, 0.1) is 10.1 Å². The van der Waals surface area contributed by atoms with E-state index in [0.29, 0.717) is 40.2 Å². The predicted octanol–water partition coefficient (Wildman–Crippen LogP) is 6.82. The molecular weight excluding hydrogens is 518 g/mol. The van der Waals surface area contributed by atoms with E-state index in [1.807, 2.05) is 54.6 Å². The van der Waals surface area contributed by atoms with Crippen molar-refractivity contribution in [2.45, 2.75) is 24.8 Å². The maximum Gasteiger partial charge on any atom is 0.269 e. The number of rotatable bonds is 5. The summed E-state index contributed by atoms with van der Waals surface area (Å²) in [5.41, 5.74) is 4.24. The molecule has 41 heavy (non-hydrogen) atoms. The van der Waals surface area contributed by atoms with Crippen molar-refractivity contribution in [3.05, 3.63) is 141 Å². The number of methoxy groups -OCH3 is 1. The first-order valence-corrected chi connectivity index (χ1v) is 13.3. The number of carbonyl (C=O) groups is 2. The van der Waals surface area contributed by atoms with E-state index in [4.69, 9.17) is 4.74 Å². The molecule has 0 saturated carbocycles. The zero-order valence-electron chi connectivity index (χ0n) is 22.3. The smallest absolute Gasteiger partial charge is 0.269 e. The van der Waals surface area contributed by atoms with Gasteiger partial charge >= 0.3 is 0 Å². The third-order valence-corrected chi connectivity index (χ3v) is 7.71. The number of Topliss-reactive ketones (excluding diaryl/α,β-unsaturated/α-hetero) is 1.